The smallest absolute Gasteiger partial charge is 0.140 e. The molecule has 0 spiro atoms. The van der Waals surface area contributed by atoms with Crippen LogP contribution in [0.25, 0.3) is 11.4 Å². The molecule has 0 amide bonds. The second-order valence-electron chi connectivity index (χ2n) is 8.42. The summed E-state index contributed by atoms with van der Waals surface area (Å²) in [5.41, 5.74) is 5.13. The van der Waals surface area contributed by atoms with Crippen LogP contribution in [-0.2, 0) is 19.6 Å². The van der Waals surface area contributed by atoms with Crippen LogP contribution in [0.5, 0.6) is 0 Å². The molecule has 33 heavy (non-hydrogen) atoms. The van der Waals surface area contributed by atoms with E-state index in [-0.39, 0.29) is 13.5 Å². The van der Waals surface area contributed by atoms with Crippen molar-refractivity contribution in [2.24, 2.45) is 0 Å². The summed E-state index contributed by atoms with van der Waals surface area (Å²) in [6.45, 7) is 7.31. The standard InChI is InChI=1S/C29H33N3.H2S/c1-3-4-20-32-28(21-30-29(32)27-18-12-7-13-19-27)23-31(22-25-14-8-5-9-15-25)24(2)26-16-10-6-11-17-26;/h5-19,21,24H,3-4,20,22-23H2,1-2H3;1H2. The third kappa shape index (κ3) is 6.37. The zero-order chi connectivity index (χ0) is 22.2. The summed E-state index contributed by atoms with van der Waals surface area (Å²) in [6.07, 6.45) is 4.39. The Morgan fingerprint density at radius 1 is 0.818 bits per heavy atom. The molecule has 0 aliphatic rings. The van der Waals surface area contributed by atoms with Crippen LogP contribution in [0, 0.1) is 0 Å². The lowest BCUT2D eigenvalue weighted by Gasteiger charge is -2.30. The van der Waals surface area contributed by atoms with Crippen molar-refractivity contribution in [1.82, 2.24) is 14.5 Å². The molecule has 4 heteroatoms. The van der Waals surface area contributed by atoms with Crippen molar-refractivity contribution in [3.63, 3.8) is 0 Å². The van der Waals surface area contributed by atoms with E-state index >= 15 is 0 Å². The van der Waals surface area contributed by atoms with E-state index in [0.29, 0.717) is 6.04 Å². The number of hydrogen-bond acceptors (Lipinski definition) is 2. The number of nitrogens with zero attached hydrogens (tertiary/aromatic N) is 3. The van der Waals surface area contributed by atoms with E-state index in [1.807, 2.05) is 0 Å². The number of imidazole rings is 1. The molecule has 0 aliphatic heterocycles. The normalized spacial score (nSPS) is 11.8. The molecule has 0 saturated heterocycles. The van der Waals surface area contributed by atoms with Gasteiger partial charge in [0.15, 0.2) is 0 Å². The van der Waals surface area contributed by atoms with Crippen LogP contribution in [0.4, 0.5) is 0 Å². The highest BCUT2D eigenvalue weighted by molar-refractivity contribution is 7.59. The van der Waals surface area contributed by atoms with Crippen molar-refractivity contribution in [2.75, 3.05) is 0 Å². The molecule has 0 bridgehead atoms. The lowest BCUT2D eigenvalue weighted by molar-refractivity contribution is 0.187. The lowest BCUT2D eigenvalue weighted by atomic mass is 10.1. The van der Waals surface area contributed by atoms with Gasteiger partial charge in [-0.1, -0.05) is 104 Å². The van der Waals surface area contributed by atoms with Gasteiger partial charge >= 0.3 is 0 Å². The van der Waals surface area contributed by atoms with E-state index in [1.54, 1.807) is 0 Å². The fourth-order valence-corrected chi connectivity index (χ4v) is 4.22. The maximum Gasteiger partial charge on any atom is 0.140 e. The molecular formula is C29H35N3S. The largest absolute Gasteiger partial charge is 0.327 e. The Morgan fingerprint density at radius 2 is 1.42 bits per heavy atom. The SMILES string of the molecule is CCCCn1c(CN(Cc2ccccc2)C(C)c2ccccc2)cnc1-c1ccccc1.S. The molecular weight excluding hydrogens is 422 g/mol. The van der Waals surface area contributed by atoms with Crippen LogP contribution in [0.2, 0.25) is 0 Å². The second-order valence-corrected chi connectivity index (χ2v) is 8.42. The molecule has 0 saturated carbocycles. The molecule has 1 aromatic heterocycles. The number of hydrogen-bond donors (Lipinski definition) is 0. The van der Waals surface area contributed by atoms with Gasteiger partial charge in [-0.25, -0.2) is 4.98 Å². The summed E-state index contributed by atoms with van der Waals surface area (Å²) in [5.74, 6) is 1.07. The van der Waals surface area contributed by atoms with Gasteiger partial charge in [-0.3, -0.25) is 4.90 Å². The van der Waals surface area contributed by atoms with Crippen molar-refractivity contribution < 1.29 is 0 Å². The van der Waals surface area contributed by atoms with Crippen LogP contribution in [0.1, 0.15) is 49.6 Å². The molecule has 172 valence electrons. The summed E-state index contributed by atoms with van der Waals surface area (Å²) in [7, 11) is 0. The molecule has 4 aromatic rings. The third-order valence-electron chi connectivity index (χ3n) is 6.13. The summed E-state index contributed by atoms with van der Waals surface area (Å²) < 4.78 is 2.43. The van der Waals surface area contributed by atoms with E-state index in [4.69, 9.17) is 4.98 Å². The Bertz CT molecular complexity index is 1080. The zero-order valence-electron chi connectivity index (χ0n) is 19.7. The van der Waals surface area contributed by atoms with Gasteiger partial charge in [0.05, 0.1) is 11.9 Å². The minimum Gasteiger partial charge on any atom is -0.327 e. The number of aromatic nitrogens is 2. The van der Waals surface area contributed by atoms with Gasteiger partial charge in [-0.15, -0.1) is 0 Å². The summed E-state index contributed by atoms with van der Waals surface area (Å²) in [4.78, 5) is 7.42. The van der Waals surface area contributed by atoms with Crippen molar-refractivity contribution in [1.29, 1.82) is 0 Å². The topological polar surface area (TPSA) is 21.1 Å². The summed E-state index contributed by atoms with van der Waals surface area (Å²) >= 11 is 0. The Labute approximate surface area is 205 Å². The average Bonchev–Trinajstić information content (AvgIpc) is 3.26. The first-order chi connectivity index (χ1) is 15.8. The monoisotopic (exact) mass is 457 g/mol. The van der Waals surface area contributed by atoms with Gasteiger partial charge < -0.3 is 4.57 Å². The number of rotatable bonds is 10. The van der Waals surface area contributed by atoms with E-state index in [1.165, 1.54) is 28.8 Å². The van der Waals surface area contributed by atoms with Gasteiger partial charge in [0, 0.05) is 31.2 Å². The number of unbranched alkanes of at least 4 members (excludes halogenated alkanes) is 1. The van der Waals surface area contributed by atoms with Gasteiger partial charge in [-0.2, -0.15) is 13.5 Å². The molecule has 3 aromatic carbocycles. The van der Waals surface area contributed by atoms with Crippen molar-refractivity contribution in [3.05, 3.63) is 114 Å². The minimum atomic E-state index is 0. The van der Waals surface area contributed by atoms with Crippen LogP contribution >= 0.6 is 13.5 Å². The van der Waals surface area contributed by atoms with E-state index < -0.39 is 0 Å². The first kappa shape index (κ1) is 24.8. The van der Waals surface area contributed by atoms with Crippen molar-refractivity contribution in [3.8, 4) is 11.4 Å². The van der Waals surface area contributed by atoms with Crippen LogP contribution in [0.15, 0.2) is 97.2 Å². The molecule has 0 aliphatic carbocycles. The van der Waals surface area contributed by atoms with Crippen LogP contribution < -0.4 is 0 Å². The van der Waals surface area contributed by atoms with E-state index in [2.05, 4.69) is 121 Å². The molecule has 1 heterocycles. The quantitative estimate of drug-likeness (QED) is 0.250. The van der Waals surface area contributed by atoms with Gasteiger partial charge in [-0.05, 0) is 24.5 Å². The molecule has 0 fully saturated rings. The Kier molecular flexibility index (Phi) is 9.35. The van der Waals surface area contributed by atoms with Gasteiger partial charge in [0.1, 0.15) is 5.82 Å². The highest BCUT2D eigenvalue weighted by atomic mass is 32.1. The molecule has 1 atom stereocenters. The van der Waals surface area contributed by atoms with Gasteiger partial charge in [0.2, 0.25) is 0 Å². The second kappa shape index (κ2) is 12.4. The third-order valence-corrected chi connectivity index (χ3v) is 6.13. The Hall–Kier alpha value is -2.82. The predicted molar refractivity (Wildman–Crippen MR) is 143 cm³/mol. The first-order valence-electron chi connectivity index (χ1n) is 11.7. The van der Waals surface area contributed by atoms with Crippen LogP contribution in [0.3, 0.4) is 0 Å². The number of benzene rings is 3. The van der Waals surface area contributed by atoms with E-state index in [9.17, 15) is 0 Å². The minimum absolute atomic E-state index is 0. The fraction of sp³-hybridized carbons (Fsp3) is 0.276. The summed E-state index contributed by atoms with van der Waals surface area (Å²) in [5, 5.41) is 0. The highest BCUT2D eigenvalue weighted by Crippen LogP contribution is 2.27. The fourth-order valence-electron chi connectivity index (χ4n) is 4.22. The lowest BCUT2D eigenvalue weighted by Crippen LogP contribution is -2.27. The maximum absolute atomic E-state index is 4.87. The zero-order valence-corrected chi connectivity index (χ0v) is 20.7. The van der Waals surface area contributed by atoms with Crippen molar-refractivity contribution in [2.45, 2.75) is 52.4 Å². The molecule has 0 radical (unpaired) electrons. The molecule has 1 unspecified atom stereocenters. The molecule has 0 N–H and O–H groups in total. The summed E-state index contributed by atoms with van der Waals surface area (Å²) in [6, 6.07) is 32.4. The maximum atomic E-state index is 4.87. The average molecular weight is 458 g/mol. The van der Waals surface area contributed by atoms with Crippen molar-refractivity contribution >= 4 is 13.5 Å². The first-order valence-corrected chi connectivity index (χ1v) is 11.7. The molecule has 4 rings (SSSR count). The van der Waals surface area contributed by atoms with Gasteiger partial charge in [0.25, 0.3) is 0 Å². The predicted octanol–water partition coefficient (Wildman–Crippen LogP) is 7.23. The molecule has 3 nitrogen and oxygen atoms in total. The Morgan fingerprint density at radius 3 is 2.06 bits per heavy atom. The van der Waals surface area contributed by atoms with Crippen LogP contribution in [-0.4, -0.2) is 14.5 Å². The van der Waals surface area contributed by atoms with E-state index in [0.717, 1.165) is 31.9 Å². The highest BCUT2D eigenvalue weighted by Gasteiger charge is 2.20. The Balaban J connectivity index is 0.00000306.